The predicted molar refractivity (Wildman–Crippen MR) is 91.2 cm³/mol. The van der Waals surface area contributed by atoms with Crippen LogP contribution in [0.1, 0.15) is 50.5 Å². The summed E-state index contributed by atoms with van der Waals surface area (Å²) in [5.41, 5.74) is 0.818. The van der Waals surface area contributed by atoms with Gasteiger partial charge in [0.05, 0.1) is 18.3 Å². The number of aliphatic hydroxyl groups is 1. The zero-order valence-electron chi connectivity index (χ0n) is 14.6. The molecule has 6 nitrogen and oxygen atoms in total. The van der Waals surface area contributed by atoms with E-state index in [9.17, 15) is 9.90 Å². The Kier molecular flexibility index (Phi) is 5.33. The molecule has 0 radical (unpaired) electrons. The second-order valence-corrected chi connectivity index (χ2v) is 7.31. The first-order chi connectivity index (χ1) is 11.5. The Morgan fingerprint density at radius 3 is 3.04 bits per heavy atom. The molecule has 2 fully saturated rings. The van der Waals surface area contributed by atoms with Crippen molar-refractivity contribution in [3.05, 3.63) is 23.8 Å². The van der Waals surface area contributed by atoms with Gasteiger partial charge < -0.3 is 15.3 Å². The lowest BCUT2D eigenvalue weighted by molar-refractivity contribution is 0.0153. The summed E-state index contributed by atoms with van der Waals surface area (Å²) in [6, 6.07) is 1.94. The molecule has 3 rings (SSSR count). The molecule has 0 spiro atoms. The van der Waals surface area contributed by atoms with Crippen molar-refractivity contribution in [1.82, 2.24) is 20.2 Å². The van der Waals surface area contributed by atoms with E-state index in [0.717, 1.165) is 44.3 Å². The third-order valence-corrected chi connectivity index (χ3v) is 5.43. The lowest BCUT2D eigenvalue weighted by atomic mass is 9.76. The summed E-state index contributed by atoms with van der Waals surface area (Å²) in [5, 5.41) is 13.4. The Labute approximate surface area is 143 Å². The molecule has 1 aromatic heterocycles. The summed E-state index contributed by atoms with van der Waals surface area (Å²) in [6.07, 6.45) is 6.41. The van der Waals surface area contributed by atoms with Crippen molar-refractivity contribution < 1.29 is 9.90 Å². The van der Waals surface area contributed by atoms with E-state index in [0.29, 0.717) is 18.3 Å². The van der Waals surface area contributed by atoms with E-state index >= 15 is 0 Å². The second-order valence-electron chi connectivity index (χ2n) is 7.31. The summed E-state index contributed by atoms with van der Waals surface area (Å²) >= 11 is 0. The van der Waals surface area contributed by atoms with Crippen LogP contribution < -0.4 is 5.32 Å². The van der Waals surface area contributed by atoms with E-state index in [1.807, 2.05) is 17.9 Å². The first-order valence-corrected chi connectivity index (χ1v) is 9.05. The monoisotopic (exact) mass is 332 g/mol. The van der Waals surface area contributed by atoms with Crippen molar-refractivity contribution in [3.8, 4) is 0 Å². The van der Waals surface area contributed by atoms with Gasteiger partial charge in [0.15, 0.2) is 0 Å². The van der Waals surface area contributed by atoms with Crippen LogP contribution in [-0.2, 0) is 6.54 Å². The Morgan fingerprint density at radius 1 is 1.42 bits per heavy atom. The normalized spacial score (nSPS) is 30.4. The molecule has 1 aromatic rings. The first-order valence-electron chi connectivity index (χ1n) is 9.05. The van der Waals surface area contributed by atoms with E-state index in [2.05, 4.69) is 22.2 Å². The molecule has 2 amide bonds. The van der Waals surface area contributed by atoms with Gasteiger partial charge in [-0.15, -0.1) is 0 Å². The van der Waals surface area contributed by atoms with Crippen LogP contribution >= 0.6 is 0 Å². The Bertz CT molecular complexity index is 580. The highest BCUT2D eigenvalue weighted by Crippen LogP contribution is 2.37. The van der Waals surface area contributed by atoms with Crippen LogP contribution in [-0.4, -0.2) is 44.7 Å². The van der Waals surface area contributed by atoms with Crippen molar-refractivity contribution >= 4 is 6.03 Å². The molecule has 1 saturated carbocycles. The van der Waals surface area contributed by atoms with Gasteiger partial charge in [0.25, 0.3) is 0 Å². The molecule has 0 aromatic carbocycles. The number of amides is 2. The van der Waals surface area contributed by atoms with Gasteiger partial charge in [-0.2, -0.15) is 0 Å². The van der Waals surface area contributed by atoms with Gasteiger partial charge in [0.1, 0.15) is 5.82 Å². The topological polar surface area (TPSA) is 78.4 Å². The number of aryl methyl sites for hydroxylation is 1. The van der Waals surface area contributed by atoms with Crippen molar-refractivity contribution in [3.63, 3.8) is 0 Å². The summed E-state index contributed by atoms with van der Waals surface area (Å²) in [5.74, 6) is 1.55. The highest BCUT2D eigenvalue weighted by molar-refractivity contribution is 5.74. The average molecular weight is 332 g/mol. The number of rotatable bonds is 3. The molecule has 2 aliphatic rings. The molecule has 2 heterocycles. The zero-order valence-corrected chi connectivity index (χ0v) is 14.6. The lowest BCUT2D eigenvalue weighted by Crippen LogP contribution is -2.49. The van der Waals surface area contributed by atoms with Crippen molar-refractivity contribution in [1.29, 1.82) is 0 Å². The summed E-state index contributed by atoms with van der Waals surface area (Å²) < 4.78 is 0. The summed E-state index contributed by atoms with van der Waals surface area (Å²) in [6.45, 7) is 5.27. The number of aliphatic hydroxyl groups excluding tert-OH is 1. The highest BCUT2D eigenvalue weighted by atomic mass is 16.3. The number of nitrogens with one attached hydrogen (secondary N) is 1. The molecule has 0 bridgehead atoms. The van der Waals surface area contributed by atoms with Crippen LogP contribution in [0, 0.1) is 18.8 Å². The third kappa shape index (κ3) is 3.86. The van der Waals surface area contributed by atoms with Crippen LogP contribution in [0.4, 0.5) is 4.79 Å². The van der Waals surface area contributed by atoms with Gasteiger partial charge in [-0.05, 0) is 51.0 Å². The molecule has 132 valence electrons. The minimum atomic E-state index is -0.274. The largest absolute Gasteiger partial charge is 0.393 e. The van der Waals surface area contributed by atoms with Gasteiger partial charge in [-0.1, -0.05) is 6.92 Å². The molecule has 6 heteroatoms. The van der Waals surface area contributed by atoms with Crippen molar-refractivity contribution in [2.24, 2.45) is 11.8 Å². The highest BCUT2D eigenvalue weighted by Gasteiger charge is 2.40. The summed E-state index contributed by atoms with van der Waals surface area (Å²) in [7, 11) is 0. The Balaban J connectivity index is 1.61. The van der Waals surface area contributed by atoms with Gasteiger partial charge >= 0.3 is 6.03 Å². The van der Waals surface area contributed by atoms with Crippen LogP contribution in [0.15, 0.2) is 12.3 Å². The third-order valence-electron chi connectivity index (χ3n) is 5.43. The standard InChI is InChI=1S/C18H28N4O2/c1-12-5-6-17(23)15(10-12)16-4-3-9-22(16)18(24)20-11-14-7-8-19-13(2)21-14/h7-8,12,15-17,23H,3-6,9-11H2,1-2H3,(H,20,24)/t12-,15-,16+,17-/m0/s1. The van der Waals surface area contributed by atoms with E-state index in [1.54, 1.807) is 6.20 Å². The second kappa shape index (κ2) is 7.47. The number of carbonyl (C=O) groups is 1. The first kappa shape index (κ1) is 17.1. The molecule has 4 atom stereocenters. The predicted octanol–water partition coefficient (Wildman–Crippen LogP) is 2.26. The maximum absolute atomic E-state index is 12.6. The molecule has 1 aliphatic heterocycles. The molecule has 1 saturated heterocycles. The van der Waals surface area contributed by atoms with Gasteiger partial charge in [0.2, 0.25) is 0 Å². The number of carbonyl (C=O) groups excluding carboxylic acids is 1. The summed E-state index contributed by atoms with van der Waals surface area (Å²) in [4.78, 5) is 23.0. The number of aromatic nitrogens is 2. The SMILES string of the molecule is Cc1nccc(CNC(=O)N2CCC[C@@H]2[C@@H]2C[C@@H](C)CC[C@@H]2O)n1. The lowest BCUT2D eigenvalue weighted by Gasteiger charge is -2.39. The number of urea groups is 1. The molecule has 1 aliphatic carbocycles. The van der Waals surface area contributed by atoms with Crippen LogP contribution in [0.5, 0.6) is 0 Å². The van der Waals surface area contributed by atoms with E-state index in [-0.39, 0.29) is 24.1 Å². The maximum Gasteiger partial charge on any atom is 0.317 e. The van der Waals surface area contributed by atoms with Crippen LogP contribution in [0.3, 0.4) is 0 Å². The fourth-order valence-corrected chi connectivity index (χ4v) is 4.18. The van der Waals surface area contributed by atoms with Crippen LogP contribution in [0.25, 0.3) is 0 Å². The van der Waals surface area contributed by atoms with Gasteiger partial charge in [0, 0.05) is 24.7 Å². The molecule has 0 unspecified atom stereocenters. The number of nitrogens with zero attached hydrogens (tertiary/aromatic N) is 3. The van der Waals surface area contributed by atoms with Gasteiger partial charge in [-0.3, -0.25) is 0 Å². The molecular formula is C18H28N4O2. The molecular weight excluding hydrogens is 304 g/mol. The van der Waals surface area contributed by atoms with Gasteiger partial charge in [-0.25, -0.2) is 14.8 Å². The van der Waals surface area contributed by atoms with E-state index in [1.165, 1.54) is 0 Å². The smallest absolute Gasteiger partial charge is 0.317 e. The number of hydrogen-bond donors (Lipinski definition) is 2. The Hall–Kier alpha value is -1.69. The molecule has 2 N–H and O–H groups in total. The minimum absolute atomic E-state index is 0.0424. The van der Waals surface area contributed by atoms with Crippen molar-refractivity contribution in [2.45, 2.75) is 64.6 Å². The zero-order chi connectivity index (χ0) is 17.1. The van der Waals surface area contributed by atoms with E-state index < -0.39 is 0 Å². The quantitative estimate of drug-likeness (QED) is 0.890. The maximum atomic E-state index is 12.6. The van der Waals surface area contributed by atoms with Crippen molar-refractivity contribution in [2.75, 3.05) is 6.54 Å². The fourth-order valence-electron chi connectivity index (χ4n) is 4.18. The molecule has 24 heavy (non-hydrogen) atoms. The fraction of sp³-hybridized carbons (Fsp3) is 0.722. The van der Waals surface area contributed by atoms with E-state index in [4.69, 9.17) is 0 Å². The Morgan fingerprint density at radius 2 is 2.25 bits per heavy atom. The number of hydrogen-bond acceptors (Lipinski definition) is 4. The van der Waals surface area contributed by atoms with Crippen LogP contribution in [0.2, 0.25) is 0 Å². The average Bonchev–Trinajstić information content (AvgIpc) is 3.04. The number of likely N-dealkylation sites (tertiary alicyclic amines) is 1. The minimum Gasteiger partial charge on any atom is -0.393 e.